The third-order valence-corrected chi connectivity index (χ3v) is 3.40. The SMILES string of the molecule is CN[C@@H]1COCc2cc(-c3cccnc3)ccc21. The Labute approximate surface area is 107 Å². The maximum absolute atomic E-state index is 5.61. The molecule has 0 saturated carbocycles. The van der Waals surface area contributed by atoms with Gasteiger partial charge in [0.1, 0.15) is 0 Å². The van der Waals surface area contributed by atoms with Crippen molar-refractivity contribution in [1.82, 2.24) is 10.3 Å². The van der Waals surface area contributed by atoms with Crippen LogP contribution in [-0.2, 0) is 11.3 Å². The Morgan fingerprint density at radius 2 is 2.22 bits per heavy atom. The fraction of sp³-hybridized carbons (Fsp3) is 0.267. The number of benzene rings is 1. The summed E-state index contributed by atoms with van der Waals surface area (Å²) < 4.78 is 5.61. The standard InChI is InChI=1S/C15H16N2O/c1-16-15-10-18-9-13-7-11(4-5-14(13)15)12-3-2-6-17-8-12/h2-8,15-16H,9-10H2,1H3/t15-/m1/s1. The molecular formula is C15H16N2O. The summed E-state index contributed by atoms with van der Waals surface area (Å²) in [4.78, 5) is 4.16. The summed E-state index contributed by atoms with van der Waals surface area (Å²) in [5.41, 5.74) is 4.95. The second-order valence-corrected chi connectivity index (χ2v) is 4.51. The van der Waals surface area contributed by atoms with Gasteiger partial charge in [0.2, 0.25) is 0 Å². The van der Waals surface area contributed by atoms with E-state index in [2.05, 4.69) is 34.6 Å². The Kier molecular flexibility index (Phi) is 3.09. The van der Waals surface area contributed by atoms with Crippen molar-refractivity contribution in [2.45, 2.75) is 12.6 Å². The lowest BCUT2D eigenvalue weighted by molar-refractivity contribution is 0.0844. The molecule has 0 amide bonds. The van der Waals surface area contributed by atoms with Crippen LogP contribution in [0.5, 0.6) is 0 Å². The third-order valence-electron chi connectivity index (χ3n) is 3.40. The summed E-state index contributed by atoms with van der Waals surface area (Å²) >= 11 is 0. The van der Waals surface area contributed by atoms with Crippen LogP contribution in [-0.4, -0.2) is 18.6 Å². The van der Waals surface area contributed by atoms with Crippen LogP contribution in [0.3, 0.4) is 0 Å². The molecule has 0 saturated heterocycles. The fourth-order valence-corrected chi connectivity index (χ4v) is 2.40. The fourth-order valence-electron chi connectivity index (χ4n) is 2.40. The lowest BCUT2D eigenvalue weighted by Gasteiger charge is -2.25. The minimum atomic E-state index is 0.302. The molecule has 92 valence electrons. The average molecular weight is 240 g/mol. The molecule has 1 aromatic heterocycles. The van der Waals surface area contributed by atoms with Crippen LogP contribution in [0.15, 0.2) is 42.7 Å². The predicted molar refractivity (Wildman–Crippen MR) is 71.1 cm³/mol. The molecule has 1 aliphatic rings. The van der Waals surface area contributed by atoms with Crippen LogP contribution in [0.2, 0.25) is 0 Å². The molecular weight excluding hydrogens is 224 g/mol. The van der Waals surface area contributed by atoms with Crippen LogP contribution in [0.1, 0.15) is 17.2 Å². The molecule has 0 spiro atoms. The highest BCUT2D eigenvalue weighted by Gasteiger charge is 2.19. The summed E-state index contributed by atoms with van der Waals surface area (Å²) in [5.74, 6) is 0. The van der Waals surface area contributed by atoms with Crippen LogP contribution in [0.4, 0.5) is 0 Å². The number of hydrogen-bond acceptors (Lipinski definition) is 3. The zero-order chi connectivity index (χ0) is 12.4. The van der Waals surface area contributed by atoms with Gasteiger partial charge in [-0.25, -0.2) is 0 Å². The van der Waals surface area contributed by atoms with Crippen molar-refractivity contribution >= 4 is 0 Å². The normalized spacial score (nSPS) is 18.4. The van der Waals surface area contributed by atoms with Gasteiger partial charge < -0.3 is 10.1 Å². The van der Waals surface area contributed by atoms with E-state index >= 15 is 0 Å². The zero-order valence-corrected chi connectivity index (χ0v) is 10.4. The zero-order valence-electron chi connectivity index (χ0n) is 10.4. The van der Waals surface area contributed by atoms with Gasteiger partial charge in [-0.1, -0.05) is 18.2 Å². The van der Waals surface area contributed by atoms with Gasteiger partial charge in [-0.3, -0.25) is 4.98 Å². The molecule has 2 heterocycles. The van der Waals surface area contributed by atoms with Gasteiger partial charge in [-0.2, -0.15) is 0 Å². The molecule has 0 radical (unpaired) electrons. The molecule has 3 rings (SSSR count). The van der Waals surface area contributed by atoms with Crippen molar-refractivity contribution in [2.75, 3.05) is 13.7 Å². The number of aromatic nitrogens is 1. The molecule has 0 bridgehead atoms. The van der Waals surface area contributed by atoms with Crippen LogP contribution < -0.4 is 5.32 Å². The summed E-state index contributed by atoms with van der Waals surface area (Å²) in [7, 11) is 1.97. The number of nitrogens with zero attached hydrogens (tertiary/aromatic N) is 1. The Morgan fingerprint density at radius 1 is 1.28 bits per heavy atom. The second kappa shape index (κ2) is 4.88. The molecule has 1 aromatic carbocycles. The molecule has 0 fully saturated rings. The van der Waals surface area contributed by atoms with Crippen molar-refractivity contribution < 1.29 is 4.74 Å². The maximum atomic E-state index is 5.61. The van der Waals surface area contributed by atoms with Gasteiger partial charge in [0, 0.05) is 12.4 Å². The first-order valence-electron chi connectivity index (χ1n) is 6.16. The largest absolute Gasteiger partial charge is 0.375 e. The molecule has 3 heteroatoms. The molecule has 1 aliphatic heterocycles. The minimum absolute atomic E-state index is 0.302. The number of pyridine rings is 1. The topological polar surface area (TPSA) is 34.1 Å². The number of hydrogen-bond donors (Lipinski definition) is 1. The maximum Gasteiger partial charge on any atom is 0.0721 e. The lowest BCUT2D eigenvalue weighted by Crippen LogP contribution is -2.26. The predicted octanol–water partition coefficient (Wildman–Crippen LogP) is 2.54. The van der Waals surface area contributed by atoms with Crippen molar-refractivity contribution in [2.24, 2.45) is 0 Å². The molecule has 3 nitrogen and oxygen atoms in total. The van der Waals surface area contributed by atoms with E-state index in [0.717, 1.165) is 12.2 Å². The van der Waals surface area contributed by atoms with Crippen molar-refractivity contribution in [3.8, 4) is 11.1 Å². The number of nitrogens with one attached hydrogen (secondary N) is 1. The molecule has 0 unspecified atom stereocenters. The van der Waals surface area contributed by atoms with Crippen LogP contribution in [0, 0.1) is 0 Å². The van der Waals surface area contributed by atoms with Gasteiger partial charge in [0.15, 0.2) is 0 Å². The van der Waals surface area contributed by atoms with Crippen LogP contribution in [0.25, 0.3) is 11.1 Å². The summed E-state index contributed by atoms with van der Waals surface area (Å²) in [6, 6.07) is 10.9. The molecule has 2 aromatic rings. The second-order valence-electron chi connectivity index (χ2n) is 4.51. The van der Waals surface area contributed by atoms with Gasteiger partial charge >= 0.3 is 0 Å². The van der Waals surface area contributed by atoms with E-state index in [-0.39, 0.29) is 0 Å². The molecule has 1 atom stereocenters. The number of likely N-dealkylation sites (N-methyl/N-ethyl adjacent to an activating group) is 1. The monoisotopic (exact) mass is 240 g/mol. The lowest BCUT2D eigenvalue weighted by atomic mass is 9.95. The summed E-state index contributed by atoms with van der Waals surface area (Å²) in [6.45, 7) is 1.44. The highest BCUT2D eigenvalue weighted by atomic mass is 16.5. The van der Waals surface area contributed by atoms with Gasteiger partial charge in [-0.15, -0.1) is 0 Å². The van der Waals surface area contributed by atoms with Crippen molar-refractivity contribution in [1.29, 1.82) is 0 Å². The number of ether oxygens (including phenoxy) is 1. The first kappa shape index (κ1) is 11.4. The highest BCUT2D eigenvalue weighted by Crippen LogP contribution is 2.29. The first-order valence-corrected chi connectivity index (χ1v) is 6.16. The van der Waals surface area contributed by atoms with Crippen LogP contribution >= 0.6 is 0 Å². The van der Waals surface area contributed by atoms with E-state index in [1.165, 1.54) is 16.7 Å². The summed E-state index contributed by atoms with van der Waals surface area (Å²) in [6.07, 6.45) is 3.68. The summed E-state index contributed by atoms with van der Waals surface area (Å²) in [5, 5.41) is 3.28. The third kappa shape index (κ3) is 2.03. The van der Waals surface area contributed by atoms with E-state index in [1.807, 2.05) is 19.3 Å². The molecule has 1 N–H and O–H groups in total. The highest BCUT2D eigenvalue weighted by molar-refractivity contribution is 5.64. The minimum Gasteiger partial charge on any atom is -0.375 e. The van der Waals surface area contributed by atoms with E-state index < -0.39 is 0 Å². The van der Waals surface area contributed by atoms with Crippen molar-refractivity contribution in [3.63, 3.8) is 0 Å². The Hall–Kier alpha value is -1.71. The van der Waals surface area contributed by atoms with Gasteiger partial charge in [-0.05, 0) is 41.4 Å². The first-order chi connectivity index (χ1) is 8.88. The van der Waals surface area contributed by atoms with E-state index in [0.29, 0.717) is 12.6 Å². The smallest absolute Gasteiger partial charge is 0.0721 e. The number of fused-ring (bicyclic) bond motifs is 1. The Morgan fingerprint density at radius 3 is 3.00 bits per heavy atom. The van der Waals surface area contributed by atoms with Crippen molar-refractivity contribution in [3.05, 3.63) is 53.9 Å². The molecule has 18 heavy (non-hydrogen) atoms. The quantitative estimate of drug-likeness (QED) is 0.876. The van der Waals surface area contributed by atoms with Gasteiger partial charge in [0.05, 0.1) is 19.3 Å². The molecule has 0 aliphatic carbocycles. The Balaban J connectivity index is 2.01. The Bertz CT molecular complexity index is 539. The average Bonchev–Trinajstić information content (AvgIpc) is 2.47. The van der Waals surface area contributed by atoms with E-state index in [4.69, 9.17) is 4.74 Å². The van der Waals surface area contributed by atoms with E-state index in [9.17, 15) is 0 Å². The van der Waals surface area contributed by atoms with E-state index in [1.54, 1.807) is 6.20 Å². The number of rotatable bonds is 2. The van der Waals surface area contributed by atoms with Gasteiger partial charge in [0.25, 0.3) is 0 Å².